The van der Waals surface area contributed by atoms with E-state index in [0.717, 1.165) is 39.2 Å². The van der Waals surface area contributed by atoms with E-state index in [1.165, 1.54) is 0 Å². The molecule has 4 aromatic rings. The van der Waals surface area contributed by atoms with E-state index in [1.54, 1.807) is 10.9 Å². The predicted octanol–water partition coefficient (Wildman–Crippen LogP) is 4.75. The molecule has 0 saturated carbocycles. The van der Waals surface area contributed by atoms with Crippen LogP contribution in [0.1, 0.15) is 5.56 Å². The van der Waals surface area contributed by atoms with Crippen molar-refractivity contribution in [2.45, 2.75) is 6.42 Å². The molecule has 1 aliphatic rings. The molecule has 0 bridgehead atoms. The molecular formula is C22H15ClN4O. The molecule has 5 nitrogen and oxygen atoms in total. The summed E-state index contributed by atoms with van der Waals surface area (Å²) in [5.74, 6) is 0.00732. The van der Waals surface area contributed by atoms with Crippen molar-refractivity contribution in [3.05, 3.63) is 83.6 Å². The first-order chi connectivity index (χ1) is 13.7. The third kappa shape index (κ3) is 2.96. The van der Waals surface area contributed by atoms with Crippen molar-refractivity contribution in [3.8, 4) is 27.9 Å². The summed E-state index contributed by atoms with van der Waals surface area (Å²) in [4.78, 5) is 11.6. The fourth-order valence-corrected chi connectivity index (χ4v) is 3.74. The molecule has 1 N–H and O–H groups in total. The van der Waals surface area contributed by atoms with E-state index in [2.05, 4.69) is 52.0 Å². The van der Waals surface area contributed by atoms with Gasteiger partial charge < -0.3 is 5.32 Å². The molecule has 28 heavy (non-hydrogen) atoms. The maximum absolute atomic E-state index is 11.6. The number of carbonyl (C=O) groups is 1. The van der Waals surface area contributed by atoms with Crippen molar-refractivity contribution >= 4 is 23.2 Å². The highest BCUT2D eigenvalue weighted by Gasteiger charge is 2.20. The van der Waals surface area contributed by atoms with E-state index in [0.29, 0.717) is 11.4 Å². The molecule has 1 aliphatic heterocycles. The Morgan fingerprint density at radius 2 is 1.61 bits per heavy atom. The predicted molar refractivity (Wildman–Crippen MR) is 110 cm³/mol. The maximum Gasteiger partial charge on any atom is 0.228 e. The minimum Gasteiger partial charge on any atom is -0.325 e. The first-order valence-corrected chi connectivity index (χ1v) is 9.25. The van der Waals surface area contributed by atoms with Gasteiger partial charge in [0.2, 0.25) is 5.91 Å². The monoisotopic (exact) mass is 386 g/mol. The second-order valence-corrected chi connectivity index (χ2v) is 7.09. The zero-order chi connectivity index (χ0) is 19.1. The zero-order valence-corrected chi connectivity index (χ0v) is 15.5. The molecule has 0 saturated heterocycles. The summed E-state index contributed by atoms with van der Waals surface area (Å²) in [6.45, 7) is 0. The Kier molecular flexibility index (Phi) is 3.95. The van der Waals surface area contributed by atoms with Gasteiger partial charge in [0.1, 0.15) is 0 Å². The van der Waals surface area contributed by atoms with Gasteiger partial charge in [-0.3, -0.25) is 4.79 Å². The highest BCUT2D eigenvalue weighted by atomic mass is 35.5. The largest absolute Gasteiger partial charge is 0.325 e. The number of aromatic nitrogens is 3. The number of hydrogen-bond donors (Lipinski definition) is 1. The lowest BCUT2D eigenvalue weighted by molar-refractivity contribution is -0.115. The summed E-state index contributed by atoms with van der Waals surface area (Å²) in [7, 11) is 0. The summed E-state index contributed by atoms with van der Waals surface area (Å²) in [5, 5.41) is 11.3. The first kappa shape index (κ1) is 16.7. The van der Waals surface area contributed by atoms with Gasteiger partial charge in [0.05, 0.1) is 29.5 Å². The van der Waals surface area contributed by atoms with Crippen LogP contribution in [0.4, 0.5) is 5.69 Å². The molecule has 0 aliphatic carbocycles. The highest BCUT2D eigenvalue weighted by Crippen LogP contribution is 2.36. The van der Waals surface area contributed by atoms with Gasteiger partial charge in [-0.25, -0.2) is 4.68 Å². The fraction of sp³-hybridized carbons (Fsp3) is 0.0455. The van der Waals surface area contributed by atoms with E-state index in [4.69, 9.17) is 11.6 Å². The van der Waals surface area contributed by atoms with Gasteiger partial charge >= 0.3 is 0 Å². The average Bonchev–Trinajstić information content (AvgIpc) is 3.37. The van der Waals surface area contributed by atoms with E-state index < -0.39 is 0 Å². The van der Waals surface area contributed by atoms with Crippen LogP contribution in [0.15, 0.2) is 73.1 Å². The molecule has 5 rings (SSSR count). The quantitative estimate of drug-likeness (QED) is 0.552. The van der Waals surface area contributed by atoms with Crippen LogP contribution in [0, 0.1) is 0 Å². The van der Waals surface area contributed by atoms with Gasteiger partial charge in [-0.05, 0) is 46.5 Å². The average molecular weight is 387 g/mol. The minimum atomic E-state index is 0.00732. The minimum absolute atomic E-state index is 0.00732. The van der Waals surface area contributed by atoms with Crippen molar-refractivity contribution in [3.63, 3.8) is 0 Å². The number of anilines is 1. The normalized spacial score (nSPS) is 12.7. The number of halogens is 1. The van der Waals surface area contributed by atoms with Crippen molar-refractivity contribution in [1.82, 2.24) is 15.0 Å². The second kappa shape index (κ2) is 6.62. The van der Waals surface area contributed by atoms with Gasteiger partial charge in [-0.15, -0.1) is 5.10 Å². The summed E-state index contributed by atoms with van der Waals surface area (Å²) in [6.07, 6.45) is 3.87. The molecule has 2 heterocycles. The van der Waals surface area contributed by atoms with E-state index >= 15 is 0 Å². The van der Waals surface area contributed by atoms with Crippen LogP contribution in [0.25, 0.3) is 27.9 Å². The molecule has 136 valence electrons. The van der Waals surface area contributed by atoms with Crippen LogP contribution in [-0.2, 0) is 11.2 Å². The van der Waals surface area contributed by atoms with Crippen LogP contribution in [0.2, 0.25) is 5.02 Å². The molecule has 0 radical (unpaired) electrons. The van der Waals surface area contributed by atoms with E-state index in [1.807, 2.05) is 30.5 Å². The Hall–Kier alpha value is -3.44. The van der Waals surface area contributed by atoms with Crippen LogP contribution in [0.3, 0.4) is 0 Å². The summed E-state index contributed by atoms with van der Waals surface area (Å²) in [6, 6.07) is 20.2. The number of hydrogen-bond acceptors (Lipinski definition) is 3. The topological polar surface area (TPSA) is 59.8 Å². The lowest BCUT2D eigenvalue weighted by atomic mass is 9.98. The third-order valence-corrected chi connectivity index (χ3v) is 5.21. The number of amides is 1. The number of rotatable bonds is 3. The molecule has 0 unspecified atom stereocenters. The lowest BCUT2D eigenvalue weighted by Gasteiger charge is -2.09. The molecule has 6 heteroatoms. The number of nitrogens with zero attached hydrogens (tertiary/aromatic N) is 3. The Morgan fingerprint density at radius 3 is 2.29 bits per heavy atom. The van der Waals surface area contributed by atoms with Gasteiger partial charge in [-0.2, -0.15) is 0 Å². The van der Waals surface area contributed by atoms with Gasteiger partial charge in [0.25, 0.3) is 0 Å². The molecule has 0 fully saturated rings. The maximum atomic E-state index is 11.6. The smallest absolute Gasteiger partial charge is 0.228 e. The number of carbonyl (C=O) groups excluding carboxylic acids is 1. The van der Waals surface area contributed by atoms with Crippen molar-refractivity contribution in [2.24, 2.45) is 0 Å². The summed E-state index contributed by atoms with van der Waals surface area (Å²) in [5.41, 5.74) is 6.94. The van der Waals surface area contributed by atoms with Crippen molar-refractivity contribution in [1.29, 1.82) is 0 Å². The van der Waals surface area contributed by atoms with Gasteiger partial charge in [-0.1, -0.05) is 53.2 Å². The summed E-state index contributed by atoms with van der Waals surface area (Å²) < 4.78 is 1.72. The molecule has 1 aromatic heterocycles. The highest BCUT2D eigenvalue weighted by molar-refractivity contribution is 6.34. The van der Waals surface area contributed by atoms with Gasteiger partial charge in [0.15, 0.2) is 0 Å². The van der Waals surface area contributed by atoms with E-state index in [-0.39, 0.29) is 5.91 Å². The Morgan fingerprint density at radius 1 is 0.929 bits per heavy atom. The van der Waals surface area contributed by atoms with Crippen LogP contribution >= 0.6 is 11.6 Å². The molecule has 1 amide bonds. The van der Waals surface area contributed by atoms with Crippen LogP contribution in [-0.4, -0.2) is 20.9 Å². The van der Waals surface area contributed by atoms with Crippen molar-refractivity contribution < 1.29 is 4.79 Å². The third-order valence-electron chi connectivity index (χ3n) is 4.90. The van der Waals surface area contributed by atoms with Crippen LogP contribution in [0.5, 0.6) is 0 Å². The number of fused-ring (bicyclic) bond motifs is 1. The molecule has 3 aromatic carbocycles. The molecule has 0 atom stereocenters. The zero-order valence-electron chi connectivity index (χ0n) is 14.8. The summed E-state index contributed by atoms with van der Waals surface area (Å²) >= 11 is 6.45. The standard InChI is InChI=1S/C22H15ClN4O/c23-20-13-21-17(12-22(28)25-21)11-19(20)16-3-1-14(2-4-16)15-5-7-18(8-6-15)27-10-9-24-26-27/h1-11,13H,12H2,(H,25,28). The Bertz CT molecular complexity index is 1170. The Labute approximate surface area is 166 Å². The van der Waals surface area contributed by atoms with Crippen molar-refractivity contribution in [2.75, 3.05) is 5.32 Å². The number of nitrogens with one attached hydrogen (secondary N) is 1. The van der Waals surface area contributed by atoms with Crippen LogP contribution < -0.4 is 5.32 Å². The van der Waals surface area contributed by atoms with Gasteiger partial charge in [0, 0.05) is 11.3 Å². The molecule has 0 spiro atoms. The SMILES string of the molecule is O=C1Cc2cc(-c3ccc(-c4ccc(-n5ccnn5)cc4)cc3)c(Cl)cc2N1. The first-order valence-electron chi connectivity index (χ1n) is 8.87. The molecular weight excluding hydrogens is 372 g/mol. The lowest BCUT2D eigenvalue weighted by Crippen LogP contribution is -2.03. The number of benzene rings is 3. The Balaban J connectivity index is 1.44. The van der Waals surface area contributed by atoms with E-state index in [9.17, 15) is 4.79 Å². The second-order valence-electron chi connectivity index (χ2n) is 6.69. The fourth-order valence-electron chi connectivity index (χ4n) is 3.46.